The highest BCUT2D eigenvalue weighted by Gasteiger charge is 2.08. The van der Waals surface area contributed by atoms with Crippen molar-refractivity contribution in [2.75, 3.05) is 11.0 Å². The van der Waals surface area contributed by atoms with Crippen LogP contribution in [0, 0.1) is 0 Å². The zero-order chi connectivity index (χ0) is 19.2. The van der Waals surface area contributed by atoms with Crippen molar-refractivity contribution in [3.8, 4) is 0 Å². The highest BCUT2D eigenvalue weighted by Crippen LogP contribution is 2.13. The van der Waals surface area contributed by atoms with Crippen LogP contribution in [0.1, 0.15) is 35.3 Å². The van der Waals surface area contributed by atoms with E-state index in [1.54, 1.807) is 18.2 Å². The van der Waals surface area contributed by atoms with E-state index < -0.39 is 10.0 Å². The summed E-state index contributed by atoms with van der Waals surface area (Å²) in [6.45, 7) is 4.87. The Bertz CT molecular complexity index is 863. The summed E-state index contributed by atoms with van der Waals surface area (Å²) >= 11 is 0. The second-order valence-corrected chi connectivity index (χ2v) is 8.07. The Balaban J connectivity index is 1.98. The maximum Gasteiger partial charge on any atom is 0.251 e. The van der Waals surface area contributed by atoms with Crippen molar-refractivity contribution in [1.82, 2.24) is 5.32 Å². The number of amides is 1. The third-order valence-electron chi connectivity index (χ3n) is 3.46. The van der Waals surface area contributed by atoms with Gasteiger partial charge in [0, 0.05) is 17.8 Å². The van der Waals surface area contributed by atoms with E-state index >= 15 is 0 Å². The van der Waals surface area contributed by atoms with Crippen molar-refractivity contribution in [3.05, 3.63) is 65.2 Å². The van der Waals surface area contributed by atoms with E-state index in [0.717, 1.165) is 17.4 Å². The van der Waals surface area contributed by atoms with Crippen LogP contribution in [-0.4, -0.2) is 26.7 Å². The van der Waals surface area contributed by atoms with Crippen LogP contribution in [0.5, 0.6) is 0 Å². The molecule has 140 valence electrons. The third kappa shape index (κ3) is 6.85. The molecule has 0 saturated carbocycles. The van der Waals surface area contributed by atoms with Gasteiger partial charge in [-0.3, -0.25) is 9.52 Å². The van der Waals surface area contributed by atoms with Gasteiger partial charge in [-0.05, 0) is 43.2 Å². The summed E-state index contributed by atoms with van der Waals surface area (Å²) in [5.74, 6) is -0.272. The Morgan fingerprint density at radius 1 is 1.08 bits per heavy atom. The Morgan fingerprint density at radius 3 is 2.46 bits per heavy atom. The molecule has 0 bridgehead atoms. The van der Waals surface area contributed by atoms with Gasteiger partial charge in [0.1, 0.15) is 0 Å². The van der Waals surface area contributed by atoms with Crippen LogP contribution in [0.3, 0.4) is 0 Å². The molecule has 0 spiro atoms. The molecular formula is C19H24N2O4S. The number of sulfonamides is 1. The molecule has 0 aliphatic rings. The van der Waals surface area contributed by atoms with Crippen LogP contribution >= 0.6 is 0 Å². The van der Waals surface area contributed by atoms with Crippen molar-refractivity contribution in [1.29, 1.82) is 0 Å². The second-order valence-electron chi connectivity index (χ2n) is 6.32. The predicted octanol–water partition coefficient (Wildman–Crippen LogP) is 2.91. The fourth-order valence-corrected chi connectivity index (χ4v) is 2.87. The van der Waals surface area contributed by atoms with Gasteiger partial charge < -0.3 is 10.1 Å². The molecule has 0 saturated heterocycles. The summed E-state index contributed by atoms with van der Waals surface area (Å²) in [6, 6.07) is 14.2. The average molecular weight is 376 g/mol. The normalized spacial score (nSPS) is 11.4. The highest BCUT2D eigenvalue weighted by atomic mass is 32.2. The summed E-state index contributed by atoms with van der Waals surface area (Å²) in [4.78, 5) is 12.3. The topological polar surface area (TPSA) is 84.5 Å². The summed E-state index contributed by atoms with van der Waals surface area (Å²) < 4.78 is 30.5. The van der Waals surface area contributed by atoms with Gasteiger partial charge >= 0.3 is 0 Å². The second kappa shape index (κ2) is 8.82. The number of hydrogen-bond donors (Lipinski definition) is 2. The summed E-state index contributed by atoms with van der Waals surface area (Å²) in [5.41, 5.74) is 2.75. The fraction of sp³-hybridized carbons (Fsp3) is 0.316. The molecule has 0 radical (unpaired) electrons. The average Bonchev–Trinajstić information content (AvgIpc) is 2.57. The van der Waals surface area contributed by atoms with Gasteiger partial charge in [-0.1, -0.05) is 30.3 Å². The van der Waals surface area contributed by atoms with E-state index in [0.29, 0.717) is 24.4 Å². The molecule has 0 aliphatic carbocycles. The third-order valence-corrected chi connectivity index (χ3v) is 4.06. The molecule has 26 heavy (non-hydrogen) atoms. The standard InChI is InChI=1S/C19H24N2O4S/c1-14(2)25-13-16-7-4-6-15(10-16)12-20-19(22)17-8-5-9-18(11-17)21-26(3,23)24/h4-11,14,21H,12-13H2,1-3H3,(H,20,22). The van der Waals surface area contributed by atoms with Crippen molar-refractivity contribution >= 4 is 21.6 Å². The number of carbonyl (C=O) groups excluding carboxylic acids is 1. The molecule has 0 aromatic heterocycles. The lowest BCUT2D eigenvalue weighted by molar-refractivity contribution is 0.0657. The minimum absolute atomic E-state index is 0.158. The lowest BCUT2D eigenvalue weighted by Gasteiger charge is -2.10. The molecular weight excluding hydrogens is 352 g/mol. The number of rotatable bonds is 8. The van der Waals surface area contributed by atoms with E-state index in [9.17, 15) is 13.2 Å². The first-order valence-electron chi connectivity index (χ1n) is 8.28. The van der Waals surface area contributed by atoms with Crippen molar-refractivity contribution in [2.45, 2.75) is 33.1 Å². The Hall–Kier alpha value is -2.38. The number of nitrogens with one attached hydrogen (secondary N) is 2. The molecule has 0 aliphatic heterocycles. The zero-order valence-electron chi connectivity index (χ0n) is 15.2. The quantitative estimate of drug-likeness (QED) is 0.742. The van der Waals surface area contributed by atoms with Crippen LogP contribution in [-0.2, 0) is 27.9 Å². The Morgan fingerprint density at radius 2 is 1.77 bits per heavy atom. The Labute approximate surface area is 154 Å². The predicted molar refractivity (Wildman–Crippen MR) is 102 cm³/mol. The molecule has 0 unspecified atom stereocenters. The van der Waals surface area contributed by atoms with Gasteiger partial charge in [-0.2, -0.15) is 0 Å². The summed E-state index contributed by atoms with van der Waals surface area (Å²) in [7, 11) is -3.38. The summed E-state index contributed by atoms with van der Waals surface area (Å²) in [6.07, 6.45) is 1.22. The fourth-order valence-electron chi connectivity index (χ4n) is 2.31. The first-order valence-corrected chi connectivity index (χ1v) is 10.2. The van der Waals surface area contributed by atoms with Gasteiger partial charge in [0.15, 0.2) is 0 Å². The van der Waals surface area contributed by atoms with Gasteiger partial charge in [-0.25, -0.2) is 8.42 Å². The molecule has 2 N–H and O–H groups in total. The highest BCUT2D eigenvalue weighted by molar-refractivity contribution is 7.92. The molecule has 2 aromatic carbocycles. The van der Waals surface area contributed by atoms with Crippen LogP contribution in [0.25, 0.3) is 0 Å². The molecule has 7 heteroatoms. The number of anilines is 1. The van der Waals surface area contributed by atoms with E-state index in [1.807, 2.05) is 38.1 Å². The van der Waals surface area contributed by atoms with Crippen molar-refractivity contribution in [3.63, 3.8) is 0 Å². The van der Waals surface area contributed by atoms with Crippen molar-refractivity contribution in [2.24, 2.45) is 0 Å². The minimum atomic E-state index is -3.38. The van der Waals surface area contributed by atoms with Crippen LogP contribution in [0.4, 0.5) is 5.69 Å². The van der Waals surface area contributed by atoms with Gasteiger partial charge in [0.2, 0.25) is 10.0 Å². The van der Waals surface area contributed by atoms with Crippen molar-refractivity contribution < 1.29 is 17.9 Å². The molecule has 0 fully saturated rings. The Kier molecular flexibility index (Phi) is 6.76. The summed E-state index contributed by atoms with van der Waals surface area (Å²) in [5, 5.41) is 2.84. The lowest BCUT2D eigenvalue weighted by atomic mass is 10.1. The molecule has 0 heterocycles. The van der Waals surface area contributed by atoms with E-state index in [2.05, 4.69) is 10.0 Å². The zero-order valence-corrected chi connectivity index (χ0v) is 16.0. The van der Waals surface area contributed by atoms with E-state index in [4.69, 9.17) is 4.74 Å². The van der Waals surface area contributed by atoms with Gasteiger partial charge in [0.05, 0.1) is 19.0 Å². The molecule has 2 rings (SSSR count). The SMILES string of the molecule is CC(C)OCc1cccc(CNC(=O)c2cccc(NS(C)(=O)=O)c2)c1. The first-order chi connectivity index (χ1) is 12.2. The lowest BCUT2D eigenvalue weighted by Crippen LogP contribution is -2.23. The molecule has 6 nitrogen and oxygen atoms in total. The van der Waals surface area contributed by atoms with E-state index in [1.165, 1.54) is 6.07 Å². The smallest absolute Gasteiger partial charge is 0.251 e. The molecule has 2 aromatic rings. The number of carbonyl (C=O) groups is 1. The molecule has 1 amide bonds. The number of hydrogen-bond acceptors (Lipinski definition) is 4. The maximum absolute atomic E-state index is 12.3. The van der Waals surface area contributed by atoms with E-state index in [-0.39, 0.29) is 12.0 Å². The number of ether oxygens (including phenoxy) is 1. The largest absolute Gasteiger partial charge is 0.374 e. The van der Waals surface area contributed by atoms with Gasteiger partial charge in [-0.15, -0.1) is 0 Å². The maximum atomic E-state index is 12.3. The monoisotopic (exact) mass is 376 g/mol. The van der Waals surface area contributed by atoms with Crippen LogP contribution in [0.2, 0.25) is 0 Å². The van der Waals surface area contributed by atoms with Gasteiger partial charge in [0.25, 0.3) is 5.91 Å². The van der Waals surface area contributed by atoms with Crippen LogP contribution in [0.15, 0.2) is 48.5 Å². The minimum Gasteiger partial charge on any atom is -0.374 e. The molecule has 0 atom stereocenters. The first kappa shape index (κ1) is 19.9. The van der Waals surface area contributed by atoms with Crippen LogP contribution < -0.4 is 10.0 Å². The number of benzene rings is 2.